The lowest BCUT2D eigenvalue weighted by molar-refractivity contribution is -0.142. The van der Waals surface area contributed by atoms with Gasteiger partial charge in [0.2, 0.25) is 0 Å². The fraction of sp³-hybridized carbons (Fsp3) is 0.417. The molecule has 0 amide bonds. The average Bonchev–Trinajstić information content (AvgIpc) is 2.30. The van der Waals surface area contributed by atoms with Gasteiger partial charge in [-0.15, -0.1) is 0 Å². The third kappa shape index (κ3) is 2.17. The van der Waals surface area contributed by atoms with Gasteiger partial charge in [-0.2, -0.15) is 0 Å². The van der Waals surface area contributed by atoms with E-state index in [1.165, 1.54) is 0 Å². The van der Waals surface area contributed by atoms with Crippen LogP contribution >= 0.6 is 0 Å². The summed E-state index contributed by atoms with van der Waals surface area (Å²) in [5.74, 6) is -0.747. The number of para-hydroxylation sites is 1. The van der Waals surface area contributed by atoms with Crippen molar-refractivity contribution < 1.29 is 9.90 Å². The summed E-state index contributed by atoms with van der Waals surface area (Å²) >= 11 is 0. The fourth-order valence-corrected chi connectivity index (χ4v) is 2.01. The molecule has 86 valence electrons. The molecular weight excluding hydrogens is 204 g/mol. The molecule has 0 bridgehead atoms. The maximum Gasteiger partial charge on any atom is 0.322 e. The number of hydrogen-bond donors (Lipinski definition) is 1. The first-order valence-corrected chi connectivity index (χ1v) is 5.41. The molecule has 0 spiro atoms. The minimum Gasteiger partial charge on any atom is -0.480 e. The quantitative estimate of drug-likeness (QED) is 0.804. The monoisotopic (exact) mass is 220 g/mol. The summed E-state index contributed by atoms with van der Waals surface area (Å²) in [6, 6.07) is 9.55. The lowest BCUT2D eigenvalue weighted by Gasteiger charge is -2.38. The molecule has 1 aliphatic heterocycles. The number of anilines is 1. The predicted molar refractivity (Wildman–Crippen MR) is 62.7 cm³/mol. The van der Waals surface area contributed by atoms with Gasteiger partial charge in [-0.25, -0.2) is 0 Å². The van der Waals surface area contributed by atoms with Crippen molar-refractivity contribution in [2.45, 2.75) is 6.04 Å². The Balaban J connectivity index is 2.12. The van der Waals surface area contributed by atoms with E-state index in [2.05, 4.69) is 4.90 Å². The Kier molecular flexibility index (Phi) is 3.10. The van der Waals surface area contributed by atoms with Crippen LogP contribution in [0.25, 0.3) is 0 Å². The summed E-state index contributed by atoms with van der Waals surface area (Å²) in [7, 11) is 1.86. The minimum absolute atomic E-state index is 0.408. The molecule has 1 aliphatic rings. The number of aliphatic carboxylic acids is 1. The fourth-order valence-electron chi connectivity index (χ4n) is 2.01. The third-order valence-corrected chi connectivity index (χ3v) is 3.05. The van der Waals surface area contributed by atoms with E-state index >= 15 is 0 Å². The molecule has 2 rings (SSSR count). The van der Waals surface area contributed by atoms with E-state index in [1.54, 1.807) is 0 Å². The molecule has 0 radical (unpaired) electrons. The minimum atomic E-state index is -0.747. The molecular formula is C12H16N2O2. The Morgan fingerprint density at radius 3 is 2.62 bits per heavy atom. The molecule has 16 heavy (non-hydrogen) atoms. The molecule has 4 nitrogen and oxygen atoms in total. The maximum absolute atomic E-state index is 11.1. The molecule has 1 saturated heterocycles. The summed E-state index contributed by atoms with van der Waals surface area (Å²) in [4.78, 5) is 15.1. The van der Waals surface area contributed by atoms with Crippen LogP contribution < -0.4 is 4.90 Å². The first-order chi connectivity index (χ1) is 7.68. The Bertz CT molecular complexity index is 367. The van der Waals surface area contributed by atoms with Gasteiger partial charge in [0.15, 0.2) is 0 Å². The Labute approximate surface area is 95.1 Å². The highest BCUT2D eigenvalue weighted by molar-refractivity contribution is 5.75. The van der Waals surface area contributed by atoms with Gasteiger partial charge in [-0.3, -0.25) is 9.69 Å². The van der Waals surface area contributed by atoms with Crippen LogP contribution in [-0.4, -0.2) is 48.7 Å². The van der Waals surface area contributed by atoms with Crippen LogP contribution in [0.1, 0.15) is 0 Å². The lowest BCUT2D eigenvalue weighted by Crippen LogP contribution is -2.54. The number of rotatable bonds is 2. The van der Waals surface area contributed by atoms with E-state index in [-0.39, 0.29) is 0 Å². The van der Waals surface area contributed by atoms with E-state index in [1.807, 2.05) is 42.3 Å². The number of carbonyl (C=O) groups is 1. The van der Waals surface area contributed by atoms with E-state index < -0.39 is 12.0 Å². The van der Waals surface area contributed by atoms with Crippen LogP contribution in [0.15, 0.2) is 30.3 Å². The maximum atomic E-state index is 11.1. The van der Waals surface area contributed by atoms with Crippen molar-refractivity contribution in [1.29, 1.82) is 0 Å². The van der Waals surface area contributed by atoms with Crippen molar-refractivity contribution in [3.05, 3.63) is 30.3 Å². The third-order valence-electron chi connectivity index (χ3n) is 3.05. The largest absolute Gasteiger partial charge is 0.480 e. The van der Waals surface area contributed by atoms with Crippen molar-refractivity contribution in [1.82, 2.24) is 4.90 Å². The van der Waals surface area contributed by atoms with Gasteiger partial charge in [-0.05, 0) is 19.2 Å². The van der Waals surface area contributed by atoms with Gasteiger partial charge in [-0.1, -0.05) is 18.2 Å². The molecule has 1 aromatic rings. The van der Waals surface area contributed by atoms with Crippen LogP contribution in [0, 0.1) is 0 Å². The van der Waals surface area contributed by atoms with Crippen molar-refractivity contribution in [2.24, 2.45) is 0 Å². The smallest absolute Gasteiger partial charge is 0.322 e. The van der Waals surface area contributed by atoms with Crippen molar-refractivity contribution in [3.8, 4) is 0 Å². The van der Waals surface area contributed by atoms with E-state index in [9.17, 15) is 4.79 Å². The van der Waals surface area contributed by atoms with E-state index in [0.29, 0.717) is 6.54 Å². The molecule has 1 aromatic carbocycles. The van der Waals surface area contributed by atoms with Gasteiger partial charge in [0.05, 0.1) is 0 Å². The number of nitrogens with zero attached hydrogens (tertiary/aromatic N) is 2. The second-order valence-corrected chi connectivity index (χ2v) is 4.12. The van der Waals surface area contributed by atoms with Gasteiger partial charge in [0, 0.05) is 25.3 Å². The lowest BCUT2D eigenvalue weighted by atomic mass is 10.1. The van der Waals surface area contributed by atoms with E-state index in [4.69, 9.17) is 5.11 Å². The zero-order valence-electron chi connectivity index (χ0n) is 9.34. The second kappa shape index (κ2) is 4.53. The molecule has 0 aliphatic carbocycles. The number of likely N-dealkylation sites (N-methyl/N-ethyl adjacent to an activating group) is 1. The highest BCUT2D eigenvalue weighted by atomic mass is 16.4. The van der Waals surface area contributed by atoms with Crippen LogP contribution in [0.3, 0.4) is 0 Å². The molecule has 0 aromatic heterocycles. The molecule has 1 unspecified atom stereocenters. The SMILES string of the molecule is CN1CCN(c2ccccc2)CC1C(=O)O. The van der Waals surface area contributed by atoms with Crippen LogP contribution in [-0.2, 0) is 4.79 Å². The number of hydrogen-bond acceptors (Lipinski definition) is 3. The molecule has 1 heterocycles. The number of carboxylic acid groups (broad SMARTS) is 1. The predicted octanol–water partition coefficient (Wildman–Crippen LogP) is 0.892. The van der Waals surface area contributed by atoms with Crippen LogP contribution in [0.2, 0.25) is 0 Å². The van der Waals surface area contributed by atoms with E-state index in [0.717, 1.165) is 18.8 Å². The summed E-state index contributed by atoms with van der Waals surface area (Å²) in [5.41, 5.74) is 1.10. The summed E-state index contributed by atoms with van der Waals surface area (Å²) < 4.78 is 0. The normalized spacial score (nSPS) is 22.1. The first-order valence-electron chi connectivity index (χ1n) is 5.41. The number of piperazine rings is 1. The Morgan fingerprint density at radius 2 is 2.00 bits per heavy atom. The number of carboxylic acids is 1. The van der Waals surface area contributed by atoms with Gasteiger partial charge < -0.3 is 10.0 Å². The molecule has 1 fully saturated rings. The molecule has 1 atom stereocenters. The average molecular weight is 220 g/mol. The summed E-state index contributed by atoms with van der Waals surface area (Å²) in [5, 5.41) is 9.11. The van der Waals surface area contributed by atoms with Crippen LogP contribution in [0.5, 0.6) is 0 Å². The zero-order valence-corrected chi connectivity index (χ0v) is 9.34. The summed E-state index contributed by atoms with van der Waals surface area (Å²) in [6.07, 6.45) is 0. The van der Waals surface area contributed by atoms with Crippen molar-refractivity contribution >= 4 is 11.7 Å². The highest BCUT2D eigenvalue weighted by Crippen LogP contribution is 2.17. The molecule has 4 heteroatoms. The highest BCUT2D eigenvalue weighted by Gasteiger charge is 2.29. The van der Waals surface area contributed by atoms with Gasteiger partial charge >= 0.3 is 5.97 Å². The summed E-state index contributed by atoms with van der Waals surface area (Å²) in [6.45, 7) is 2.21. The topological polar surface area (TPSA) is 43.8 Å². The van der Waals surface area contributed by atoms with Crippen molar-refractivity contribution in [2.75, 3.05) is 31.6 Å². The van der Waals surface area contributed by atoms with Gasteiger partial charge in [0.1, 0.15) is 6.04 Å². The number of benzene rings is 1. The Morgan fingerprint density at radius 1 is 1.31 bits per heavy atom. The Hall–Kier alpha value is -1.55. The van der Waals surface area contributed by atoms with Gasteiger partial charge in [0.25, 0.3) is 0 Å². The first kappa shape index (κ1) is 11.0. The van der Waals surface area contributed by atoms with Crippen molar-refractivity contribution in [3.63, 3.8) is 0 Å². The zero-order chi connectivity index (χ0) is 11.5. The molecule has 1 N–H and O–H groups in total. The standard InChI is InChI=1S/C12H16N2O2/c1-13-7-8-14(9-11(13)12(15)16)10-5-3-2-4-6-10/h2-6,11H,7-9H2,1H3,(H,15,16). The van der Waals surface area contributed by atoms with Crippen LogP contribution in [0.4, 0.5) is 5.69 Å². The second-order valence-electron chi connectivity index (χ2n) is 4.12. The molecule has 0 saturated carbocycles.